The van der Waals surface area contributed by atoms with Crippen molar-refractivity contribution in [1.82, 2.24) is 18.7 Å². The number of nitrogens with zero attached hydrogens (tertiary/aromatic N) is 4. The van der Waals surface area contributed by atoms with Gasteiger partial charge in [-0.3, -0.25) is 13.9 Å². The highest BCUT2D eigenvalue weighted by Gasteiger charge is 2.16. The van der Waals surface area contributed by atoms with E-state index in [1.165, 1.54) is 22.5 Å². The Morgan fingerprint density at radius 2 is 1.96 bits per heavy atom. The summed E-state index contributed by atoms with van der Waals surface area (Å²) in [5.74, 6) is 0. The molecule has 0 saturated carbocycles. The zero-order valence-corrected chi connectivity index (χ0v) is 15.2. The lowest BCUT2D eigenvalue weighted by molar-refractivity contribution is 0.0208. The number of aliphatic hydroxyl groups is 1. The molecule has 0 radical (unpaired) electrons. The first-order valence-electron chi connectivity index (χ1n) is 8.00. The van der Waals surface area contributed by atoms with E-state index < -0.39 is 17.4 Å². The average Bonchev–Trinajstić information content (AvgIpc) is 3.03. The summed E-state index contributed by atoms with van der Waals surface area (Å²) in [6, 6.07) is 7.31. The first-order chi connectivity index (χ1) is 12.4. The van der Waals surface area contributed by atoms with Gasteiger partial charge in [0.25, 0.3) is 5.56 Å². The number of fused-ring (bicyclic) bond motifs is 1. The molecule has 0 saturated heterocycles. The van der Waals surface area contributed by atoms with Crippen molar-refractivity contribution in [1.29, 1.82) is 0 Å². The van der Waals surface area contributed by atoms with Crippen LogP contribution in [0.5, 0.6) is 0 Å². The Balaban J connectivity index is 1.72. The molecule has 1 aromatic carbocycles. The van der Waals surface area contributed by atoms with Crippen LogP contribution in [0.15, 0.2) is 40.2 Å². The highest BCUT2D eigenvalue weighted by Crippen LogP contribution is 2.16. The van der Waals surface area contributed by atoms with Crippen molar-refractivity contribution in [2.24, 2.45) is 14.1 Å². The molecule has 3 aromatic rings. The summed E-state index contributed by atoms with van der Waals surface area (Å²) >= 11 is 6.06. The number of imidazole rings is 1. The Labute approximate surface area is 153 Å². The number of benzene rings is 1. The quantitative estimate of drug-likeness (QED) is 0.680. The van der Waals surface area contributed by atoms with Gasteiger partial charge in [-0.25, -0.2) is 9.78 Å². The van der Waals surface area contributed by atoms with Gasteiger partial charge in [0.05, 0.1) is 32.2 Å². The van der Waals surface area contributed by atoms with Crippen LogP contribution in [0.2, 0.25) is 5.02 Å². The van der Waals surface area contributed by atoms with E-state index in [2.05, 4.69) is 4.98 Å². The molecule has 26 heavy (non-hydrogen) atoms. The van der Waals surface area contributed by atoms with Gasteiger partial charge in [-0.15, -0.1) is 0 Å². The van der Waals surface area contributed by atoms with E-state index in [1.807, 2.05) is 18.2 Å². The van der Waals surface area contributed by atoms with Crippen LogP contribution in [-0.4, -0.2) is 36.5 Å². The Morgan fingerprint density at radius 3 is 2.69 bits per heavy atom. The molecule has 3 rings (SSSR count). The van der Waals surface area contributed by atoms with Crippen LogP contribution in [0.1, 0.15) is 5.56 Å². The van der Waals surface area contributed by atoms with Crippen LogP contribution in [-0.2, 0) is 32.0 Å². The van der Waals surface area contributed by atoms with Gasteiger partial charge in [0, 0.05) is 19.1 Å². The van der Waals surface area contributed by atoms with Gasteiger partial charge < -0.3 is 14.4 Å². The number of halogens is 1. The molecule has 0 spiro atoms. The number of aryl methyl sites for hydroxylation is 1. The molecule has 138 valence electrons. The van der Waals surface area contributed by atoms with Crippen LogP contribution in [0.3, 0.4) is 0 Å². The van der Waals surface area contributed by atoms with Gasteiger partial charge in [-0.1, -0.05) is 29.8 Å². The van der Waals surface area contributed by atoms with Crippen LogP contribution in [0.4, 0.5) is 0 Å². The molecular formula is C17H19ClN4O4. The predicted molar refractivity (Wildman–Crippen MR) is 97.3 cm³/mol. The lowest BCUT2D eigenvalue weighted by Gasteiger charge is -2.13. The smallest absolute Gasteiger partial charge is 0.332 e. The Bertz CT molecular complexity index is 1050. The minimum absolute atomic E-state index is 0.0664. The average molecular weight is 379 g/mol. The van der Waals surface area contributed by atoms with E-state index in [-0.39, 0.29) is 30.9 Å². The molecular weight excluding hydrogens is 360 g/mol. The topological polar surface area (TPSA) is 91.3 Å². The number of ether oxygens (including phenoxy) is 1. The maximum absolute atomic E-state index is 12.4. The van der Waals surface area contributed by atoms with Crippen molar-refractivity contribution in [3.05, 3.63) is 62.0 Å². The molecule has 0 aliphatic heterocycles. The van der Waals surface area contributed by atoms with Crippen molar-refractivity contribution in [2.45, 2.75) is 19.3 Å². The number of hydrogen-bond donors (Lipinski definition) is 1. The monoisotopic (exact) mass is 378 g/mol. The fraction of sp³-hybridized carbons (Fsp3) is 0.353. The maximum atomic E-state index is 12.4. The first kappa shape index (κ1) is 18.4. The molecule has 0 fully saturated rings. The standard InChI is InChI=1S/C17H19ClN4O4/c1-20-15-14(16(24)21(2)17(20)25)22(10-19-15)7-12(23)9-26-8-11-5-3-4-6-13(11)18/h3-6,10,12,23H,7-9H2,1-2H3/t12-/m0/s1. The van der Waals surface area contributed by atoms with Crippen molar-refractivity contribution in [2.75, 3.05) is 6.61 Å². The van der Waals surface area contributed by atoms with Gasteiger partial charge in [-0.05, 0) is 11.6 Å². The molecule has 0 amide bonds. The number of rotatable bonds is 6. The molecule has 2 heterocycles. The second kappa shape index (κ2) is 7.45. The first-order valence-corrected chi connectivity index (χ1v) is 8.38. The summed E-state index contributed by atoms with van der Waals surface area (Å²) in [5, 5.41) is 10.8. The molecule has 0 aliphatic carbocycles. The van der Waals surface area contributed by atoms with Crippen LogP contribution >= 0.6 is 11.6 Å². The van der Waals surface area contributed by atoms with Crippen LogP contribution in [0, 0.1) is 0 Å². The van der Waals surface area contributed by atoms with E-state index in [9.17, 15) is 14.7 Å². The molecule has 0 aliphatic rings. The molecule has 0 bridgehead atoms. The highest BCUT2D eigenvalue weighted by molar-refractivity contribution is 6.31. The van der Waals surface area contributed by atoms with Gasteiger partial charge in [0.2, 0.25) is 0 Å². The Morgan fingerprint density at radius 1 is 1.23 bits per heavy atom. The van der Waals surface area contributed by atoms with Crippen molar-refractivity contribution >= 4 is 22.8 Å². The van der Waals surface area contributed by atoms with Crippen LogP contribution in [0.25, 0.3) is 11.2 Å². The Hall–Kier alpha value is -2.42. The minimum Gasteiger partial charge on any atom is -0.389 e. The second-order valence-corrected chi connectivity index (χ2v) is 6.44. The largest absolute Gasteiger partial charge is 0.389 e. The van der Waals surface area contributed by atoms with E-state index in [0.717, 1.165) is 10.1 Å². The lowest BCUT2D eigenvalue weighted by Crippen LogP contribution is -2.38. The summed E-state index contributed by atoms with van der Waals surface area (Å²) < 4.78 is 9.36. The van der Waals surface area contributed by atoms with E-state index in [4.69, 9.17) is 16.3 Å². The fourth-order valence-electron chi connectivity index (χ4n) is 2.74. The third kappa shape index (κ3) is 3.44. The maximum Gasteiger partial charge on any atom is 0.332 e. The third-order valence-corrected chi connectivity index (χ3v) is 4.52. The minimum atomic E-state index is -0.850. The molecule has 2 aromatic heterocycles. The van der Waals surface area contributed by atoms with Gasteiger partial charge in [0.1, 0.15) is 0 Å². The van der Waals surface area contributed by atoms with E-state index >= 15 is 0 Å². The summed E-state index contributed by atoms with van der Waals surface area (Å²) in [6.07, 6.45) is 0.583. The van der Waals surface area contributed by atoms with Gasteiger partial charge >= 0.3 is 5.69 Å². The molecule has 1 N–H and O–H groups in total. The zero-order chi connectivity index (χ0) is 18.8. The van der Waals surface area contributed by atoms with Crippen LogP contribution < -0.4 is 11.2 Å². The summed E-state index contributed by atoms with van der Waals surface area (Å²) in [7, 11) is 2.95. The second-order valence-electron chi connectivity index (χ2n) is 6.04. The predicted octanol–water partition coefficient (Wildman–Crippen LogP) is 0.665. The molecule has 8 nitrogen and oxygen atoms in total. The number of aromatic nitrogens is 4. The SMILES string of the molecule is Cn1c(=O)c2c(ncn2C[C@H](O)COCc2ccccc2Cl)n(C)c1=O. The van der Waals surface area contributed by atoms with Crippen molar-refractivity contribution in [3.8, 4) is 0 Å². The lowest BCUT2D eigenvalue weighted by atomic mass is 10.2. The van der Waals surface area contributed by atoms with Crippen molar-refractivity contribution in [3.63, 3.8) is 0 Å². The molecule has 0 unspecified atom stereocenters. The third-order valence-electron chi connectivity index (χ3n) is 4.15. The van der Waals surface area contributed by atoms with E-state index in [1.54, 1.807) is 13.1 Å². The fourth-order valence-corrected chi connectivity index (χ4v) is 2.93. The normalized spacial score (nSPS) is 12.6. The van der Waals surface area contributed by atoms with Gasteiger partial charge in [-0.2, -0.15) is 0 Å². The van der Waals surface area contributed by atoms with Crippen molar-refractivity contribution < 1.29 is 9.84 Å². The summed E-state index contributed by atoms with van der Waals surface area (Å²) in [5.41, 5.74) is 0.474. The molecule has 9 heteroatoms. The summed E-state index contributed by atoms with van der Waals surface area (Å²) in [6.45, 7) is 0.459. The van der Waals surface area contributed by atoms with Gasteiger partial charge in [0.15, 0.2) is 11.2 Å². The zero-order valence-electron chi connectivity index (χ0n) is 14.4. The highest BCUT2D eigenvalue weighted by atomic mass is 35.5. The number of aliphatic hydroxyl groups excluding tert-OH is 1. The number of hydrogen-bond acceptors (Lipinski definition) is 5. The molecule has 1 atom stereocenters. The van der Waals surface area contributed by atoms with E-state index in [0.29, 0.717) is 5.02 Å². The summed E-state index contributed by atoms with van der Waals surface area (Å²) in [4.78, 5) is 28.4. The Kier molecular flexibility index (Phi) is 5.26.